The van der Waals surface area contributed by atoms with Gasteiger partial charge in [0.2, 0.25) is 12.3 Å². The van der Waals surface area contributed by atoms with Crippen molar-refractivity contribution in [1.82, 2.24) is 0 Å². The Bertz CT molecular complexity index is 949. The summed E-state index contributed by atoms with van der Waals surface area (Å²) in [7, 11) is 0. The molecule has 3 heterocycles. The second-order valence-electron chi connectivity index (χ2n) is 6.00. The molecule has 2 aromatic rings. The molecule has 0 radical (unpaired) electrons. The summed E-state index contributed by atoms with van der Waals surface area (Å²) in [6.45, 7) is 7.30. The number of rotatable bonds is 3. The van der Waals surface area contributed by atoms with Gasteiger partial charge in [0.25, 0.3) is 5.01 Å². The Labute approximate surface area is 174 Å². The number of fused-ring (bicyclic) bond motifs is 2. The molecule has 2 aliphatic heterocycles. The first-order valence-electron chi connectivity index (χ1n) is 8.33. The molecule has 0 N–H and O–H groups in total. The minimum absolute atomic E-state index is 0. The molecular formula is C20H20INO3S. The number of aryl methyl sites for hydroxylation is 1. The molecule has 0 saturated carbocycles. The molecule has 0 amide bonds. The van der Waals surface area contributed by atoms with Gasteiger partial charge in [0.15, 0.2) is 11.5 Å². The summed E-state index contributed by atoms with van der Waals surface area (Å²) in [5.41, 5.74) is 2.32. The summed E-state index contributed by atoms with van der Waals surface area (Å²) in [5.74, 6) is 3.49. The summed E-state index contributed by atoms with van der Waals surface area (Å²) in [4.78, 5) is 0. The van der Waals surface area contributed by atoms with Crippen LogP contribution < -0.4 is 38.0 Å². The summed E-state index contributed by atoms with van der Waals surface area (Å²) in [6.07, 6.45) is 10.4. The third kappa shape index (κ3) is 3.66. The highest BCUT2D eigenvalue weighted by Gasteiger charge is 2.23. The van der Waals surface area contributed by atoms with Crippen LogP contribution >= 0.6 is 11.3 Å². The van der Waals surface area contributed by atoms with E-state index in [1.165, 1.54) is 15.2 Å². The monoisotopic (exact) mass is 481 g/mol. The van der Waals surface area contributed by atoms with Crippen LogP contribution in [0, 0.1) is 0 Å². The highest BCUT2D eigenvalue weighted by Crippen LogP contribution is 2.37. The number of thiazole rings is 1. The van der Waals surface area contributed by atoms with Crippen LogP contribution in [0.5, 0.6) is 11.5 Å². The van der Waals surface area contributed by atoms with Gasteiger partial charge in [0, 0.05) is 12.1 Å². The van der Waals surface area contributed by atoms with Crippen molar-refractivity contribution in [2.24, 2.45) is 0 Å². The van der Waals surface area contributed by atoms with Gasteiger partial charge < -0.3 is 38.2 Å². The number of allylic oxidation sites excluding steroid dienone is 7. The zero-order chi connectivity index (χ0) is 17.4. The van der Waals surface area contributed by atoms with Gasteiger partial charge in [-0.1, -0.05) is 23.5 Å². The van der Waals surface area contributed by atoms with Gasteiger partial charge >= 0.3 is 0 Å². The maximum atomic E-state index is 5.53. The molecule has 0 fully saturated rings. The first-order valence-corrected chi connectivity index (χ1v) is 9.14. The summed E-state index contributed by atoms with van der Waals surface area (Å²) >= 11 is 1.76. The number of hydrogen-bond acceptors (Lipinski definition) is 4. The van der Waals surface area contributed by atoms with E-state index in [1.807, 2.05) is 26.0 Å². The van der Waals surface area contributed by atoms with Crippen molar-refractivity contribution in [1.29, 1.82) is 0 Å². The van der Waals surface area contributed by atoms with Crippen molar-refractivity contribution < 1.29 is 42.8 Å². The first kappa shape index (κ1) is 19.0. The van der Waals surface area contributed by atoms with Crippen LogP contribution in [0.1, 0.15) is 25.8 Å². The lowest BCUT2D eigenvalue weighted by molar-refractivity contribution is -0.665. The zero-order valence-electron chi connectivity index (χ0n) is 14.9. The predicted octanol–water partition coefficient (Wildman–Crippen LogP) is 1.72. The second-order valence-corrected chi connectivity index (χ2v) is 7.06. The topological polar surface area (TPSA) is 31.6 Å². The van der Waals surface area contributed by atoms with E-state index in [2.05, 4.69) is 41.9 Å². The lowest BCUT2D eigenvalue weighted by Gasteiger charge is -2.11. The molecule has 0 bridgehead atoms. The van der Waals surface area contributed by atoms with Crippen LogP contribution in [0.2, 0.25) is 0 Å². The molecule has 0 atom stereocenters. The van der Waals surface area contributed by atoms with E-state index in [0.717, 1.165) is 35.1 Å². The molecule has 136 valence electrons. The van der Waals surface area contributed by atoms with Crippen molar-refractivity contribution in [2.75, 3.05) is 6.79 Å². The second kappa shape index (κ2) is 7.84. The quantitative estimate of drug-likeness (QED) is 0.495. The summed E-state index contributed by atoms with van der Waals surface area (Å²) in [5, 5.41) is 1.20. The number of hydrogen-bond donors (Lipinski definition) is 0. The fourth-order valence-corrected chi connectivity index (χ4v) is 4.25. The van der Waals surface area contributed by atoms with Gasteiger partial charge in [-0.2, -0.15) is 4.57 Å². The van der Waals surface area contributed by atoms with E-state index < -0.39 is 0 Å². The van der Waals surface area contributed by atoms with E-state index in [1.54, 1.807) is 11.3 Å². The number of ether oxygens (including phenoxy) is 3. The van der Waals surface area contributed by atoms with Crippen molar-refractivity contribution >= 4 is 27.6 Å². The molecule has 0 spiro atoms. The van der Waals surface area contributed by atoms with Crippen LogP contribution in [0.25, 0.3) is 16.3 Å². The number of benzene rings is 1. The van der Waals surface area contributed by atoms with E-state index in [4.69, 9.17) is 14.2 Å². The third-order valence-electron chi connectivity index (χ3n) is 4.13. The molecule has 4 rings (SSSR count). The van der Waals surface area contributed by atoms with Crippen LogP contribution in [-0.2, 0) is 11.3 Å². The minimum Gasteiger partial charge on any atom is -1.00 e. The average Bonchev–Trinajstić information content (AvgIpc) is 3.14. The van der Waals surface area contributed by atoms with Crippen molar-refractivity contribution in [3.05, 3.63) is 58.5 Å². The van der Waals surface area contributed by atoms with Crippen molar-refractivity contribution in [3.8, 4) is 11.5 Å². The SMILES string of the molecule is CC[n+]1c(/C=C/C=C2C=C(C)OC(C)=C2)sc2cc3c(cc21)OCO3.[I-]. The zero-order valence-corrected chi connectivity index (χ0v) is 17.9. The smallest absolute Gasteiger partial charge is 0.262 e. The van der Waals surface area contributed by atoms with Gasteiger partial charge in [0.1, 0.15) is 22.8 Å². The molecule has 1 aromatic heterocycles. The Hall–Kier alpha value is -1.80. The Balaban J connectivity index is 0.00000196. The molecule has 6 heteroatoms. The largest absolute Gasteiger partial charge is 1.00 e. The van der Waals surface area contributed by atoms with Crippen molar-refractivity contribution in [2.45, 2.75) is 27.3 Å². The minimum atomic E-state index is 0. The van der Waals surface area contributed by atoms with Gasteiger partial charge in [-0.15, -0.1) is 0 Å². The molecule has 0 unspecified atom stereocenters. The number of halogens is 1. The predicted molar refractivity (Wildman–Crippen MR) is 99.5 cm³/mol. The number of aromatic nitrogens is 1. The standard InChI is InChI=1S/C20H20NO3S.HI/c1-4-21-16-10-17-18(23-12-22-17)11-19(16)25-20(21)7-5-6-15-8-13(2)24-14(3)9-15;/h5-11H,4,12H2,1-3H3;1H/q+1;/p-1/b7-5+;. The summed E-state index contributed by atoms with van der Waals surface area (Å²) < 4.78 is 20.0. The molecule has 0 aliphatic carbocycles. The normalized spacial score (nSPS) is 15.6. The first-order chi connectivity index (χ1) is 12.1. The maximum absolute atomic E-state index is 5.53. The van der Waals surface area contributed by atoms with Crippen LogP contribution in [0.4, 0.5) is 0 Å². The van der Waals surface area contributed by atoms with Crippen LogP contribution in [0.15, 0.2) is 53.5 Å². The molecule has 4 nitrogen and oxygen atoms in total. The van der Waals surface area contributed by atoms with Gasteiger partial charge in [-0.3, -0.25) is 0 Å². The Morgan fingerprint density at radius 2 is 1.81 bits per heavy atom. The van der Waals surface area contributed by atoms with Gasteiger partial charge in [-0.05, 0) is 38.5 Å². The number of nitrogens with zero attached hydrogens (tertiary/aromatic N) is 1. The maximum Gasteiger partial charge on any atom is 0.262 e. The Morgan fingerprint density at radius 3 is 2.50 bits per heavy atom. The highest BCUT2D eigenvalue weighted by molar-refractivity contribution is 7.18. The van der Waals surface area contributed by atoms with E-state index >= 15 is 0 Å². The van der Waals surface area contributed by atoms with E-state index in [9.17, 15) is 0 Å². The Morgan fingerprint density at radius 1 is 1.12 bits per heavy atom. The molecule has 1 aromatic carbocycles. The molecule has 26 heavy (non-hydrogen) atoms. The molecule has 2 aliphatic rings. The lowest BCUT2D eigenvalue weighted by Crippen LogP contribution is -3.00. The Kier molecular flexibility index (Phi) is 5.72. The summed E-state index contributed by atoms with van der Waals surface area (Å²) in [6, 6.07) is 4.14. The van der Waals surface area contributed by atoms with Crippen LogP contribution in [0.3, 0.4) is 0 Å². The van der Waals surface area contributed by atoms with E-state index in [-0.39, 0.29) is 24.0 Å². The lowest BCUT2D eigenvalue weighted by atomic mass is 10.1. The molecule has 0 saturated heterocycles. The highest BCUT2D eigenvalue weighted by atomic mass is 127. The van der Waals surface area contributed by atoms with Crippen LogP contribution in [-0.4, -0.2) is 6.79 Å². The van der Waals surface area contributed by atoms with Gasteiger partial charge in [0.05, 0.1) is 6.07 Å². The fourth-order valence-electron chi connectivity index (χ4n) is 3.10. The van der Waals surface area contributed by atoms with E-state index in [0.29, 0.717) is 6.79 Å². The third-order valence-corrected chi connectivity index (χ3v) is 5.24. The molecular weight excluding hydrogens is 461 g/mol. The van der Waals surface area contributed by atoms with Crippen molar-refractivity contribution in [3.63, 3.8) is 0 Å². The van der Waals surface area contributed by atoms with Gasteiger partial charge in [-0.25, -0.2) is 0 Å². The fraction of sp³-hybridized carbons (Fsp3) is 0.250. The average molecular weight is 481 g/mol.